The highest BCUT2D eigenvalue weighted by Crippen LogP contribution is 2.31. The topological polar surface area (TPSA) is 64.3 Å². The third-order valence-electron chi connectivity index (χ3n) is 4.04. The number of carbonyl (C=O) groups is 1. The fraction of sp³-hybridized carbons (Fsp3) is 0.500. The number of fused-ring (bicyclic) bond motifs is 1. The molecule has 0 atom stereocenters. The Labute approximate surface area is 123 Å². The molecule has 1 aliphatic heterocycles. The molecule has 0 unspecified atom stereocenters. The average molecular weight is 288 g/mol. The second-order valence-electron chi connectivity index (χ2n) is 5.85. The molecule has 5 nitrogen and oxygen atoms in total. The van der Waals surface area contributed by atoms with Crippen LogP contribution in [0.1, 0.15) is 54.8 Å². The summed E-state index contributed by atoms with van der Waals surface area (Å²) in [5, 5.41) is 9.13. The minimum Gasteiger partial charge on any atom is -0.478 e. The molecule has 0 radical (unpaired) electrons. The monoisotopic (exact) mass is 288 g/mol. The van der Waals surface area contributed by atoms with Gasteiger partial charge in [-0.05, 0) is 31.0 Å². The van der Waals surface area contributed by atoms with Crippen LogP contribution in [-0.2, 0) is 4.74 Å². The Bertz CT molecular complexity index is 669. The highest BCUT2D eigenvalue weighted by Gasteiger charge is 2.23. The Morgan fingerprint density at radius 2 is 2.10 bits per heavy atom. The number of carboxylic acids is 1. The number of carboxylic acid groups (broad SMARTS) is 1. The molecule has 1 fully saturated rings. The van der Waals surface area contributed by atoms with Crippen molar-refractivity contribution in [2.75, 3.05) is 13.2 Å². The summed E-state index contributed by atoms with van der Waals surface area (Å²) in [6.45, 7) is 5.79. The van der Waals surface area contributed by atoms with Crippen LogP contribution in [-0.4, -0.2) is 33.8 Å². The van der Waals surface area contributed by atoms with Gasteiger partial charge in [-0.15, -0.1) is 0 Å². The second-order valence-corrected chi connectivity index (χ2v) is 5.85. The lowest BCUT2D eigenvalue weighted by Gasteiger charge is -2.26. The van der Waals surface area contributed by atoms with E-state index in [1.807, 2.05) is 6.07 Å². The number of aromatic nitrogens is 2. The third-order valence-corrected chi connectivity index (χ3v) is 4.04. The number of imidazole rings is 1. The highest BCUT2D eigenvalue weighted by molar-refractivity contribution is 5.92. The van der Waals surface area contributed by atoms with Crippen molar-refractivity contribution in [3.05, 3.63) is 29.6 Å². The van der Waals surface area contributed by atoms with Gasteiger partial charge in [0.2, 0.25) is 0 Å². The largest absolute Gasteiger partial charge is 0.478 e. The van der Waals surface area contributed by atoms with Crippen molar-refractivity contribution in [3.63, 3.8) is 0 Å². The lowest BCUT2D eigenvalue weighted by molar-refractivity contribution is 0.0695. The molecule has 1 saturated heterocycles. The minimum atomic E-state index is -0.913. The van der Waals surface area contributed by atoms with E-state index in [1.165, 1.54) is 0 Å². The molecule has 2 aromatic rings. The summed E-state index contributed by atoms with van der Waals surface area (Å²) in [7, 11) is 0. The van der Waals surface area contributed by atoms with E-state index < -0.39 is 5.97 Å². The van der Waals surface area contributed by atoms with Gasteiger partial charge in [0.15, 0.2) is 0 Å². The van der Waals surface area contributed by atoms with Gasteiger partial charge in [0.05, 0.1) is 16.6 Å². The summed E-state index contributed by atoms with van der Waals surface area (Å²) in [5.74, 6) is 0.413. The molecule has 0 spiro atoms. The van der Waals surface area contributed by atoms with Crippen LogP contribution in [0.2, 0.25) is 0 Å². The van der Waals surface area contributed by atoms with E-state index in [-0.39, 0.29) is 5.56 Å². The van der Waals surface area contributed by atoms with Gasteiger partial charge in [-0.2, -0.15) is 0 Å². The van der Waals surface area contributed by atoms with Gasteiger partial charge in [0, 0.05) is 25.2 Å². The quantitative estimate of drug-likeness (QED) is 0.942. The molecule has 0 saturated carbocycles. The molecular weight excluding hydrogens is 268 g/mol. The molecule has 1 aliphatic rings. The van der Waals surface area contributed by atoms with Crippen molar-refractivity contribution in [2.24, 2.45) is 0 Å². The number of hydrogen-bond acceptors (Lipinski definition) is 3. The van der Waals surface area contributed by atoms with Crippen LogP contribution in [0.15, 0.2) is 18.2 Å². The molecular formula is C16H20N2O3. The first-order valence-corrected chi connectivity index (χ1v) is 7.41. The second kappa shape index (κ2) is 5.48. The molecule has 0 bridgehead atoms. The van der Waals surface area contributed by atoms with Gasteiger partial charge in [-0.25, -0.2) is 9.78 Å². The number of aromatic carboxylic acids is 1. The van der Waals surface area contributed by atoms with Crippen LogP contribution in [0.5, 0.6) is 0 Å². The Morgan fingerprint density at radius 1 is 1.38 bits per heavy atom. The number of rotatable bonds is 3. The van der Waals surface area contributed by atoms with Crippen LogP contribution in [0, 0.1) is 0 Å². The first-order valence-electron chi connectivity index (χ1n) is 7.41. The van der Waals surface area contributed by atoms with Gasteiger partial charge >= 0.3 is 5.97 Å². The van der Waals surface area contributed by atoms with Crippen LogP contribution < -0.4 is 0 Å². The first-order chi connectivity index (χ1) is 10.1. The van der Waals surface area contributed by atoms with Crippen molar-refractivity contribution in [1.29, 1.82) is 0 Å². The molecule has 112 valence electrons. The molecule has 2 heterocycles. The standard InChI is InChI=1S/C16H20N2O3/c1-10(2)15-17-13-9-11(16(19)20)3-4-14(13)18(15)12-5-7-21-8-6-12/h3-4,9-10,12H,5-8H2,1-2H3,(H,19,20). The summed E-state index contributed by atoms with van der Waals surface area (Å²) in [6, 6.07) is 5.59. The zero-order valence-corrected chi connectivity index (χ0v) is 12.4. The van der Waals surface area contributed by atoms with E-state index in [9.17, 15) is 4.79 Å². The van der Waals surface area contributed by atoms with E-state index in [2.05, 4.69) is 23.4 Å². The first kappa shape index (κ1) is 14.1. The van der Waals surface area contributed by atoms with Crippen molar-refractivity contribution >= 4 is 17.0 Å². The molecule has 3 rings (SSSR count). The predicted octanol–water partition coefficient (Wildman–Crippen LogP) is 3.21. The molecule has 0 amide bonds. The lowest BCUT2D eigenvalue weighted by atomic mass is 10.1. The van der Waals surface area contributed by atoms with Gasteiger partial charge in [-0.3, -0.25) is 0 Å². The summed E-state index contributed by atoms with van der Waals surface area (Å²) in [6.07, 6.45) is 1.96. The van der Waals surface area contributed by atoms with Gasteiger partial charge in [-0.1, -0.05) is 13.8 Å². The highest BCUT2D eigenvalue weighted by atomic mass is 16.5. The average Bonchev–Trinajstić information content (AvgIpc) is 2.86. The summed E-state index contributed by atoms with van der Waals surface area (Å²) < 4.78 is 7.74. The SMILES string of the molecule is CC(C)c1nc2cc(C(=O)O)ccc2n1C1CCOCC1. The van der Waals surface area contributed by atoms with Gasteiger partial charge in [0.1, 0.15) is 5.82 Å². The van der Waals surface area contributed by atoms with Crippen LogP contribution in [0.25, 0.3) is 11.0 Å². The number of benzene rings is 1. The molecule has 1 aromatic carbocycles. The van der Waals surface area contributed by atoms with Crippen LogP contribution >= 0.6 is 0 Å². The fourth-order valence-corrected chi connectivity index (χ4v) is 2.98. The molecule has 21 heavy (non-hydrogen) atoms. The lowest BCUT2D eigenvalue weighted by Crippen LogP contribution is -2.21. The minimum absolute atomic E-state index is 0.287. The summed E-state index contributed by atoms with van der Waals surface area (Å²) in [4.78, 5) is 15.8. The molecule has 0 aliphatic carbocycles. The normalized spacial score (nSPS) is 16.7. The van der Waals surface area contributed by atoms with Crippen molar-refractivity contribution < 1.29 is 14.6 Å². The molecule has 5 heteroatoms. The predicted molar refractivity (Wildman–Crippen MR) is 79.9 cm³/mol. The van der Waals surface area contributed by atoms with E-state index in [1.54, 1.807) is 12.1 Å². The number of hydrogen-bond donors (Lipinski definition) is 1. The van der Waals surface area contributed by atoms with E-state index in [4.69, 9.17) is 9.84 Å². The summed E-state index contributed by atoms with van der Waals surface area (Å²) in [5.41, 5.74) is 2.08. The number of nitrogens with zero attached hydrogens (tertiary/aromatic N) is 2. The Hall–Kier alpha value is -1.88. The molecule has 1 N–H and O–H groups in total. The van der Waals surface area contributed by atoms with E-state index in [0.29, 0.717) is 12.0 Å². The smallest absolute Gasteiger partial charge is 0.335 e. The molecule has 1 aromatic heterocycles. The van der Waals surface area contributed by atoms with Gasteiger partial charge < -0.3 is 14.4 Å². The van der Waals surface area contributed by atoms with E-state index >= 15 is 0 Å². The Kier molecular flexibility index (Phi) is 3.68. The van der Waals surface area contributed by atoms with Crippen molar-refractivity contribution in [1.82, 2.24) is 9.55 Å². The van der Waals surface area contributed by atoms with Crippen molar-refractivity contribution in [2.45, 2.75) is 38.6 Å². The Balaban J connectivity index is 2.15. The zero-order chi connectivity index (χ0) is 15.0. The fourth-order valence-electron chi connectivity index (χ4n) is 2.98. The maximum Gasteiger partial charge on any atom is 0.335 e. The number of ether oxygens (including phenoxy) is 1. The van der Waals surface area contributed by atoms with Gasteiger partial charge in [0.25, 0.3) is 0 Å². The Morgan fingerprint density at radius 3 is 2.71 bits per heavy atom. The van der Waals surface area contributed by atoms with Crippen LogP contribution in [0.4, 0.5) is 0 Å². The third kappa shape index (κ3) is 2.53. The zero-order valence-electron chi connectivity index (χ0n) is 12.4. The van der Waals surface area contributed by atoms with Crippen molar-refractivity contribution in [3.8, 4) is 0 Å². The van der Waals surface area contributed by atoms with Crippen LogP contribution in [0.3, 0.4) is 0 Å². The maximum absolute atomic E-state index is 11.1. The summed E-state index contributed by atoms with van der Waals surface area (Å²) >= 11 is 0. The van der Waals surface area contributed by atoms with E-state index in [0.717, 1.165) is 42.9 Å². The maximum atomic E-state index is 11.1.